The molecule has 2 aromatic heterocycles. The first-order valence-corrected chi connectivity index (χ1v) is 6.83. The molecule has 0 aliphatic heterocycles. The van der Waals surface area contributed by atoms with Gasteiger partial charge in [0.1, 0.15) is 0 Å². The zero-order valence-corrected chi connectivity index (χ0v) is 11.8. The number of aromatic nitrogens is 3. The minimum absolute atomic E-state index is 0.192. The van der Waals surface area contributed by atoms with Gasteiger partial charge in [0.25, 0.3) is 0 Å². The molecule has 0 bridgehead atoms. The lowest BCUT2D eigenvalue weighted by Crippen LogP contribution is -2.38. The van der Waals surface area contributed by atoms with Crippen LogP contribution in [0.2, 0.25) is 0 Å². The second-order valence-electron chi connectivity index (χ2n) is 4.47. The second kappa shape index (κ2) is 5.60. The van der Waals surface area contributed by atoms with Gasteiger partial charge in [-0.3, -0.25) is 16.0 Å². The fraction of sp³-hybridized carbons (Fsp3) is 0.500. The molecule has 0 amide bonds. The third kappa shape index (κ3) is 2.77. The van der Waals surface area contributed by atoms with Gasteiger partial charge < -0.3 is 0 Å². The molecule has 0 aromatic carbocycles. The van der Waals surface area contributed by atoms with E-state index in [0.717, 1.165) is 23.5 Å². The first kappa shape index (κ1) is 13.2. The van der Waals surface area contributed by atoms with Crippen molar-refractivity contribution < 1.29 is 0 Å². The molecule has 0 radical (unpaired) electrons. The molecule has 0 fully saturated rings. The number of hydrogen-bond donors (Lipinski definition) is 2. The number of nitrogens with one attached hydrogen (secondary N) is 1. The smallest absolute Gasteiger partial charge is 0.0940 e. The molecule has 98 valence electrons. The molecule has 0 aliphatic rings. The average Bonchev–Trinajstić information content (AvgIpc) is 2.92. The van der Waals surface area contributed by atoms with E-state index in [2.05, 4.69) is 22.4 Å². The highest BCUT2D eigenvalue weighted by Crippen LogP contribution is 2.16. The number of thiazole rings is 1. The van der Waals surface area contributed by atoms with Crippen molar-refractivity contribution in [2.24, 2.45) is 12.9 Å². The third-order valence-corrected chi connectivity index (χ3v) is 4.05. The van der Waals surface area contributed by atoms with Crippen LogP contribution in [0, 0.1) is 13.8 Å². The molecule has 6 heteroatoms. The Bertz CT molecular complexity index is 503. The number of nitrogens with two attached hydrogens (primary N) is 1. The van der Waals surface area contributed by atoms with Crippen LogP contribution in [-0.2, 0) is 19.9 Å². The molecule has 2 heterocycles. The zero-order valence-electron chi connectivity index (χ0n) is 11.0. The van der Waals surface area contributed by atoms with Crippen molar-refractivity contribution in [3.8, 4) is 0 Å². The van der Waals surface area contributed by atoms with Crippen molar-refractivity contribution in [1.29, 1.82) is 0 Å². The van der Waals surface area contributed by atoms with E-state index in [4.69, 9.17) is 5.84 Å². The van der Waals surface area contributed by atoms with Crippen LogP contribution in [0.5, 0.6) is 0 Å². The van der Waals surface area contributed by atoms with Gasteiger partial charge in [0, 0.05) is 36.8 Å². The fourth-order valence-corrected chi connectivity index (χ4v) is 2.81. The Hall–Kier alpha value is -1.24. The number of aryl methyl sites for hydroxylation is 2. The Morgan fingerprint density at radius 1 is 1.44 bits per heavy atom. The van der Waals surface area contributed by atoms with E-state index in [0.29, 0.717) is 0 Å². The summed E-state index contributed by atoms with van der Waals surface area (Å²) in [6.07, 6.45) is 3.55. The summed E-state index contributed by atoms with van der Waals surface area (Å²) in [5.41, 5.74) is 6.44. The van der Waals surface area contributed by atoms with E-state index < -0.39 is 0 Å². The highest BCUT2D eigenvalue weighted by atomic mass is 32.1. The molecule has 18 heavy (non-hydrogen) atoms. The Morgan fingerprint density at radius 2 is 2.22 bits per heavy atom. The van der Waals surface area contributed by atoms with Crippen molar-refractivity contribution in [1.82, 2.24) is 20.2 Å². The quantitative estimate of drug-likeness (QED) is 0.628. The largest absolute Gasteiger partial charge is 0.272 e. The van der Waals surface area contributed by atoms with Crippen LogP contribution in [0.25, 0.3) is 0 Å². The van der Waals surface area contributed by atoms with Gasteiger partial charge >= 0.3 is 0 Å². The number of rotatable bonds is 5. The van der Waals surface area contributed by atoms with Crippen molar-refractivity contribution in [2.45, 2.75) is 32.7 Å². The van der Waals surface area contributed by atoms with Crippen LogP contribution in [0.15, 0.2) is 11.6 Å². The maximum Gasteiger partial charge on any atom is 0.0940 e. The van der Waals surface area contributed by atoms with Crippen LogP contribution in [0.3, 0.4) is 0 Å². The van der Waals surface area contributed by atoms with Crippen molar-refractivity contribution >= 4 is 11.3 Å². The molecule has 5 nitrogen and oxygen atoms in total. The van der Waals surface area contributed by atoms with Crippen molar-refractivity contribution in [3.63, 3.8) is 0 Å². The van der Waals surface area contributed by atoms with E-state index in [1.54, 1.807) is 11.3 Å². The molecular formula is C12H19N5S. The summed E-state index contributed by atoms with van der Waals surface area (Å²) in [4.78, 5) is 4.30. The van der Waals surface area contributed by atoms with Gasteiger partial charge in [-0.15, -0.1) is 11.3 Å². The van der Waals surface area contributed by atoms with Gasteiger partial charge in [-0.25, -0.2) is 4.98 Å². The van der Waals surface area contributed by atoms with E-state index in [1.165, 1.54) is 11.3 Å². The van der Waals surface area contributed by atoms with Gasteiger partial charge in [-0.2, -0.15) is 5.10 Å². The lowest BCUT2D eigenvalue weighted by Gasteiger charge is -2.14. The van der Waals surface area contributed by atoms with Crippen LogP contribution in [0.4, 0.5) is 0 Å². The monoisotopic (exact) mass is 265 g/mol. The fourth-order valence-electron chi connectivity index (χ4n) is 2.11. The van der Waals surface area contributed by atoms with Gasteiger partial charge in [0.05, 0.1) is 10.7 Å². The molecule has 0 saturated heterocycles. The first-order chi connectivity index (χ1) is 8.61. The predicted molar refractivity (Wildman–Crippen MR) is 73.3 cm³/mol. The summed E-state index contributed by atoms with van der Waals surface area (Å²) in [7, 11) is 1.97. The summed E-state index contributed by atoms with van der Waals surface area (Å²) in [5.74, 6) is 5.64. The van der Waals surface area contributed by atoms with E-state index in [-0.39, 0.29) is 6.04 Å². The first-order valence-electron chi connectivity index (χ1n) is 5.95. The van der Waals surface area contributed by atoms with Crippen LogP contribution in [0.1, 0.15) is 22.0 Å². The molecule has 2 rings (SSSR count). The molecule has 0 spiro atoms. The van der Waals surface area contributed by atoms with Crippen LogP contribution >= 0.6 is 11.3 Å². The molecule has 0 saturated carbocycles. The third-order valence-electron chi connectivity index (χ3n) is 3.25. The maximum absolute atomic E-state index is 5.64. The molecule has 1 atom stereocenters. The maximum atomic E-state index is 5.64. The van der Waals surface area contributed by atoms with E-state index in [9.17, 15) is 0 Å². The van der Waals surface area contributed by atoms with Gasteiger partial charge in [-0.1, -0.05) is 0 Å². The molecule has 1 unspecified atom stereocenters. The highest BCUT2D eigenvalue weighted by Gasteiger charge is 2.16. The lowest BCUT2D eigenvalue weighted by molar-refractivity contribution is 0.519. The zero-order chi connectivity index (χ0) is 13.1. The standard InChI is InChI=1S/C12H19N5S/c1-8-11(9(2)17(3)16-8)6-10(15-13)7-12-14-4-5-18-12/h4-5,10,15H,6-7,13H2,1-3H3. The van der Waals surface area contributed by atoms with Crippen molar-refractivity contribution in [3.05, 3.63) is 33.5 Å². The summed E-state index contributed by atoms with van der Waals surface area (Å²) in [5, 5.41) is 7.53. The number of hydrazine groups is 1. The molecule has 0 aliphatic carbocycles. The summed E-state index contributed by atoms with van der Waals surface area (Å²) >= 11 is 1.66. The minimum atomic E-state index is 0.192. The van der Waals surface area contributed by atoms with Crippen LogP contribution < -0.4 is 11.3 Å². The second-order valence-corrected chi connectivity index (χ2v) is 5.45. The minimum Gasteiger partial charge on any atom is -0.272 e. The predicted octanol–water partition coefficient (Wildman–Crippen LogP) is 1.11. The number of nitrogens with zero attached hydrogens (tertiary/aromatic N) is 3. The van der Waals surface area contributed by atoms with Gasteiger partial charge in [-0.05, 0) is 25.8 Å². The average molecular weight is 265 g/mol. The molecule has 3 N–H and O–H groups in total. The topological polar surface area (TPSA) is 68.8 Å². The van der Waals surface area contributed by atoms with Gasteiger partial charge in [0.15, 0.2) is 0 Å². The summed E-state index contributed by atoms with van der Waals surface area (Å²) < 4.78 is 1.92. The SMILES string of the molecule is Cc1nn(C)c(C)c1CC(Cc1nccs1)NN. The Kier molecular flexibility index (Phi) is 4.11. The van der Waals surface area contributed by atoms with Crippen molar-refractivity contribution in [2.75, 3.05) is 0 Å². The van der Waals surface area contributed by atoms with Gasteiger partial charge in [0.2, 0.25) is 0 Å². The number of hydrogen-bond acceptors (Lipinski definition) is 5. The van der Waals surface area contributed by atoms with Crippen LogP contribution in [-0.4, -0.2) is 20.8 Å². The normalized spacial score (nSPS) is 12.9. The Labute approximate surface area is 111 Å². The van der Waals surface area contributed by atoms with E-state index in [1.807, 2.05) is 30.2 Å². The Morgan fingerprint density at radius 3 is 2.72 bits per heavy atom. The molecular weight excluding hydrogens is 246 g/mol. The van der Waals surface area contributed by atoms with E-state index >= 15 is 0 Å². The molecule has 2 aromatic rings. The lowest BCUT2D eigenvalue weighted by atomic mass is 10.0. The summed E-state index contributed by atoms with van der Waals surface area (Å²) in [6.45, 7) is 4.13. The Balaban J connectivity index is 2.10. The summed E-state index contributed by atoms with van der Waals surface area (Å²) in [6, 6.07) is 0.192. The highest BCUT2D eigenvalue weighted by molar-refractivity contribution is 7.09.